The molecule has 4 rings (SSSR count). The first-order chi connectivity index (χ1) is 15.2. The van der Waals surface area contributed by atoms with Gasteiger partial charge < -0.3 is 15.0 Å². The Kier molecular flexibility index (Phi) is 6.93. The van der Waals surface area contributed by atoms with Gasteiger partial charge in [0.1, 0.15) is 18.7 Å². The average Bonchev–Trinajstić information content (AvgIpc) is 3.23. The van der Waals surface area contributed by atoms with Crippen LogP contribution in [0.3, 0.4) is 0 Å². The first-order valence-electron chi connectivity index (χ1n) is 10.7. The molecule has 0 unspecified atom stereocenters. The van der Waals surface area contributed by atoms with E-state index in [0.29, 0.717) is 5.65 Å². The van der Waals surface area contributed by atoms with Crippen molar-refractivity contribution in [2.45, 2.75) is 19.4 Å². The number of anilines is 2. The number of fused-ring (bicyclic) bond motifs is 1. The van der Waals surface area contributed by atoms with Crippen LogP contribution in [0.5, 0.6) is 0 Å². The van der Waals surface area contributed by atoms with Gasteiger partial charge in [-0.05, 0) is 31.5 Å². The zero-order valence-electron chi connectivity index (χ0n) is 17.9. The molecule has 1 aliphatic rings. The number of para-hydroxylation sites is 1. The van der Waals surface area contributed by atoms with Gasteiger partial charge in [0.05, 0.1) is 18.7 Å². The van der Waals surface area contributed by atoms with Crippen LogP contribution in [0.4, 0.5) is 11.5 Å². The summed E-state index contributed by atoms with van der Waals surface area (Å²) in [4.78, 5) is 25.1. The number of ether oxygens (including phenoxy) is 1. The van der Waals surface area contributed by atoms with Gasteiger partial charge in [0.2, 0.25) is 0 Å². The number of nitrogens with one attached hydrogen (secondary N) is 1. The van der Waals surface area contributed by atoms with E-state index in [9.17, 15) is 4.79 Å². The normalized spacial score (nSPS) is 14.7. The molecule has 0 spiro atoms. The van der Waals surface area contributed by atoms with Crippen molar-refractivity contribution in [1.82, 2.24) is 24.6 Å². The van der Waals surface area contributed by atoms with Crippen LogP contribution < -0.4 is 10.2 Å². The molecule has 2 aromatic heterocycles. The topological polar surface area (TPSA) is 88.4 Å². The van der Waals surface area contributed by atoms with Crippen molar-refractivity contribution in [3.63, 3.8) is 0 Å². The summed E-state index contributed by atoms with van der Waals surface area (Å²) in [6.07, 6.45) is 5.37. The van der Waals surface area contributed by atoms with E-state index in [1.165, 1.54) is 23.8 Å². The molecule has 3 aromatic rings. The summed E-state index contributed by atoms with van der Waals surface area (Å²) >= 11 is 0. The van der Waals surface area contributed by atoms with Crippen LogP contribution in [0.25, 0.3) is 11.0 Å². The Morgan fingerprint density at radius 3 is 2.68 bits per heavy atom. The Hall–Kier alpha value is -3.20. The molecule has 0 saturated carbocycles. The third-order valence-corrected chi connectivity index (χ3v) is 5.63. The van der Waals surface area contributed by atoms with E-state index >= 15 is 0 Å². The van der Waals surface area contributed by atoms with Gasteiger partial charge in [0, 0.05) is 38.4 Å². The first-order valence-corrected chi connectivity index (χ1v) is 10.7. The van der Waals surface area contributed by atoms with Crippen molar-refractivity contribution in [2.75, 3.05) is 56.6 Å². The van der Waals surface area contributed by atoms with Gasteiger partial charge in [0.15, 0.2) is 5.65 Å². The number of carbonyl (C=O) groups excluding carboxylic acids is 1. The van der Waals surface area contributed by atoms with Crippen LogP contribution in [0.2, 0.25) is 0 Å². The fourth-order valence-electron chi connectivity index (χ4n) is 3.87. The molecule has 1 fully saturated rings. The Labute approximate surface area is 182 Å². The van der Waals surface area contributed by atoms with Gasteiger partial charge in [-0.15, -0.1) is 0 Å². The summed E-state index contributed by atoms with van der Waals surface area (Å²) in [6, 6.07) is 10.6. The summed E-state index contributed by atoms with van der Waals surface area (Å²) in [5, 5.41) is 8.44. The van der Waals surface area contributed by atoms with Crippen molar-refractivity contribution < 1.29 is 9.53 Å². The third-order valence-electron chi connectivity index (χ3n) is 5.63. The number of hydrogen-bond donors (Lipinski definition) is 1. The summed E-state index contributed by atoms with van der Waals surface area (Å²) in [6.45, 7) is 6.35. The number of methoxy groups -OCH3 is 1. The van der Waals surface area contributed by atoms with Crippen molar-refractivity contribution in [1.29, 1.82) is 0 Å². The standard InChI is InChI=1S/C22H29N7O2/c1-31-20(30)16-29-22-19(15-26-29)21(24-17-25-22)23-9-5-6-10-27-11-13-28(14-12-27)18-7-3-2-4-8-18/h2-4,7-8,15,17H,5-6,9-14,16H2,1H3,(H,23,24,25). The number of hydrogen-bond acceptors (Lipinski definition) is 8. The van der Waals surface area contributed by atoms with Gasteiger partial charge >= 0.3 is 5.97 Å². The fourth-order valence-corrected chi connectivity index (χ4v) is 3.87. The van der Waals surface area contributed by atoms with E-state index in [2.05, 4.69) is 60.5 Å². The number of nitrogens with zero attached hydrogens (tertiary/aromatic N) is 6. The molecule has 0 aliphatic carbocycles. The molecule has 0 radical (unpaired) electrons. The number of piperazine rings is 1. The van der Waals surface area contributed by atoms with Gasteiger partial charge in [-0.3, -0.25) is 9.69 Å². The number of aromatic nitrogens is 4. The van der Waals surface area contributed by atoms with Gasteiger partial charge in [-0.1, -0.05) is 18.2 Å². The van der Waals surface area contributed by atoms with Crippen LogP contribution in [-0.2, 0) is 16.1 Å². The first kappa shape index (κ1) is 21.0. The molecule has 1 aromatic carbocycles. The van der Waals surface area contributed by atoms with Crippen LogP contribution in [0, 0.1) is 0 Å². The Morgan fingerprint density at radius 1 is 1.10 bits per heavy atom. The van der Waals surface area contributed by atoms with Gasteiger partial charge in [-0.2, -0.15) is 5.10 Å². The summed E-state index contributed by atoms with van der Waals surface area (Å²) < 4.78 is 6.24. The quantitative estimate of drug-likeness (QED) is 0.413. The highest BCUT2D eigenvalue weighted by Crippen LogP contribution is 2.19. The predicted molar refractivity (Wildman–Crippen MR) is 120 cm³/mol. The molecule has 1 N–H and O–H groups in total. The molecule has 1 saturated heterocycles. The highest BCUT2D eigenvalue weighted by molar-refractivity contribution is 5.86. The van der Waals surface area contributed by atoms with Crippen molar-refractivity contribution in [2.24, 2.45) is 0 Å². The molecule has 3 heterocycles. The lowest BCUT2D eigenvalue weighted by atomic mass is 10.2. The van der Waals surface area contributed by atoms with Gasteiger partial charge in [-0.25, -0.2) is 14.6 Å². The minimum atomic E-state index is -0.359. The van der Waals surface area contributed by atoms with E-state index in [-0.39, 0.29) is 12.5 Å². The highest BCUT2D eigenvalue weighted by atomic mass is 16.5. The highest BCUT2D eigenvalue weighted by Gasteiger charge is 2.16. The van der Waals surface area contributed by atoms with E-state index in [0.717, 1.165) is 63.3 Å². The van der Waals surface area contributed by atoms with Crippen LogP contribution in [-0.4, -0.2) is 77.0 Å². The Bertz CT molecular complexity index is 984. The second-order valence-corrected chi connectivity index (χ2v) is 7.64. The van der Waals surface area contributed by atoms with E-state index in [1.807, 2.05) is 0 Å². The maximum atomic E-state index is 11.5. The predicted octanol–water partition coefficient (Wildman–Crippen LogP) is 2.01. The van der Waals surface area contributed by atoms with Crippen LogP contribution >= 0.6 is 0 Å². The molecule has 9 nitrogen and oxygen atoms in total. The summed E-state index contributed by atoms with van der Waals surface area (Å²) in [7, 11) is 1.36. The summed E-state index contributed by atoms with van der Waals surface area (Å²) in [5.74, 6) is 0.389. The molecular weight excluding hydrogens is 394 g/mol. The van der Waals surface area contributed by atoms with E-state index in [4.69, 9.17) is 4.74 Å². The molecule has 9 heteroatoms. The average molecular weight is 424 g/mol. The van der Waals surface area contributed by atoms with Crippen LogP contribution in [0.1, 0.15) is 12.8 Å². The third kappa shape index (κ3) is 5.29. The van der Waals surface area contributed by atoms with E-state index in [1.54, 1.807) is 6.20 Å². The lowest BCUT2D eigenvalue weighted by molar-refractivity contribution is -0.141. The second kappa shape index (κ2) is 10.2. The molecular formula is C22H29N7O2. The maximum absolute atomic E-state index is 11.5. The maximum Gasteiger partial charge on any atom is 0.327 e. The Balaban J connectivity index is 1.19. The molecule has 0 amide bonds. The lowest BCUT2D eigenvalue weighted by Gasteiger charge is -2.36. The molecule has 1 aliphatic heterocycles. The van der Waals surface area contributed by atoms with Crippen molar-refractivity contribution >= 4 is 28.5 Å². The SMILES string of the molecule is COC(=O)Cn1ncc2c(NCCCCN3CCN(c4ccccc4)CC3)ncnc21. The van der Waals surface area contributed by atoms with Crippen molar-refractivity contribution in [3.05, 3.63) is 42.9 Å². The minimum absolute atomic E-state index is 0.0357. The fraction of sp³-hybridized carbons (Fsp3) is 0.455. The summed E-state index contributed by atoms with van der Waals surface area (Å²) in [5.41, 5.74) is 1.94. The molecule has 164 valence electrons. The Morgan fingerprint density at radius 2 is 1.90 bits per heavy atom. The van der Waals surface area contributed by atoms with Gasteiger partial charge in [0.25, 0.3) is 0 Å². The number of unbranched alkanes of at least 4 members (excludes halogenated alkanes) is 1. The number of rotatable bonds is 9. The smallest absolute Gasteiger partial charge is 0.327 e. The number of carbonyl (C=O) groups is 1. The largest absolute Gasteiger partial charge is 0.468 e. The number of esters is 1. The molecule has 31 heavy (non-hydrogen) atoms. The lowest BCUT2D eigenvalue weighted by Crippen LogP contribution is -2.46. The number of benzene rings is 1. The monoisotopic (exact) mass is 423 g/mol. The zero-order valence-corrected chi connectivity index (χ0v) is 17.9. The molecule has 0 atom stereocenters. The second-order valence-electron chi connectivity index (χ2n) is 7.64. The van der Waals surface area contributed by atoms with Crippen LogP contribution in [0.15, 0.2) is 42.9 Å². The van der Waals surface area contributed by atoms with Crippen molar-refractivity contribution in [3.8, 4) is 0 Å². The zero-order chi connectivity index (χ0) is 21.5. The molecule has 0 bridgehead atoms. The van der Waals surface area contributed by atoms with E-state index < -0.39 is 0 Å². The minimum Gasteiger partial charge on any atom is -0.468 e.